The molecule has 5 nitrogen and oxygen atoms in total. The Morgan fingerprint density at radius 1 is 1.30 bits per heavy atom. The number of halogens is 1. The number of carbonyl (C=O) groups is 1. The predicted octanol–water partition coefficient (Wildman–Crippen LogP) is 1.29. The molecule has 0 spiro atoms. The Bertz CT molecular complexity index is 705. The quantitative estimate of drug-likeness (QED) is 0.673. The van der Waals surface area contributed by atoms with Crippen LogP contribution in [0.4, 0.5) is 4.39 Å². The number of rotatable bonds is 4. The van der Waals surface area contributed by atoms with Crippen molar-refractivity contribution in [3.8, 4) is 5.69 Å². The fourth-order valence-electron chi connectivity index (χ4n) is 1.55. The van der Waals surface area contributed by atoms with E-state index < -0.39 is 11.2 Å². The summed E-state index contributed by atoms with van der Waals surface area (Å²) in [5, 5.41) is 6.64. The molecule has 0 unspecified atom stereocenters. The number of carbonyl (C=O) groups excluding carboxylic acids is 1. The maximum absolute atomic E-state index is 12.9. The van der Waals surface area contributed by atoms with E-state index in [1.807, 2.05) is 0 Å². The lowest BCUT2D eigenvalue weighted by Crippen LogP contribution is -2.19. The number of nitrogens with one attached hydrogen (secondary N) is 1. The second-order valence-corrected chi connectivity index (χ2v) is 3.94. The molecule has 1 aromatic carbocycles. The SMILES string of the molecule is CNC=CC(=O)c1nn(-c2ccc(F)cc2)ccc1=O. The van der Waals surface area contributed by atoms with Gasteiger partial charge in [-0.1, -0.05) is 0 Å². The lowest BCUT2D eigenvalue weighted by atomic mass is 10.2. The van der Waals surface area contributed by atoms with Crippen molar-refractivity contribution >= 4 is 5.78 Å². The van der Waals surface area contributed by atoms with Gasteiger partial charge in [0.25, 0.3) is 0 Å². The third kappa shape index (κ3) is 2.97. The van der Waals surface area contributed by atoms with Crippen LogP contribution in [0.15, 0.2) is 53.6 Å². The van der Waals surface area contributed by atoms with E-state index in [-0.39, 0.29) is 11.5 Å². The predicted molar refractivity (Wildman–Crippen MR) is 72.3 cm³/mol. The summed E-state index contributed by atoms with van der Waals surface area (Å²) >= 11 is 0. The van der Waals surface area contributed by atoms with E-state index in [9.17, 15) is 14.0 Å². The Labute approximate surface area is 114 Å². The molecule has 2 rings (SSSR count). The normalized spacial score (nSPS) is 10.7. The maximum Gasteiger partial charge on any atom is 0.211 e. The molecule has 20 heavy (non-hydrogen) atoms. The van der Waals surface area contributed by atoms with Crippen LogP contribution in [0.25, 0.3) is 5.69 Å². The Morgan fingerprint density at radius 3 is 2.65 bits per heavy atom. The van der Waals surface area contributed by atoms with Gasteiger partial charge in [0.15, 0.2) is 5.69 Å². The average molecular weight is 273 g/mol. The van der Waals surface area contributed by atoms with Crippen molar-refractivity contribution < 1.29 is 9.18 Å². The van der Waals surface area contributed by atoms with Crippen molar-refractivity contribution in [2.45, 2.75) is 0 Å². The minimum absolute atomic E-state index is 0.191. The summed E-state index contributed by atoms with van der Waals surface area (Å²) < 4.78 is 14.2. The largest absolute Gasteiger partial charge is 0.394 e. The van der Waals surface area contributed by atoms with Gasteiger partial charge in [-0.15, -0.1) is 0 Å². The average Bonchev–Trinajstić information content (AvgIpc) is 2.46. The van der Waals surface area contributed by atoms with Crippen LogP contribution in [0.2, 0.25) is 0 Å². The van der Waals surface area contributed by atoms with Gasteiger partial charge in [-0.2, -0.15) is 5.10 Å². The molecule has 0 bridgehead atoms. The number of ketones is 1. The first-order valence-electron chi connectivity index (χ1n) is 5.86. The molecule has 0 radical (unpaired) electrons. The lowest BCUT2D eigenvalue weighted by molar-refractivity contribution is 0.103. The van der Waals surface area contributed by atoms with Gasteiger partial charge in [0.1, 0.15) is 5.82 Å². The van der Waals surface area contributed by atoms with Crippen molar-refractivity contribution in [1.82, 2.24) is 15.1 Å². The molecule has 0 aliphatic heterocycles. The Morgan fingerprint density at radius 2 is 2.00 bits per heavy atom. The summed E-state index contributed by atoms with van der Waals surface area (Å²) in [5.41, 5.74) is -0.101. The fraction of sp³-hybridized carbons (Fsp3) is 0.0714. The molecule has 0 saturated heterocycles. The lowest BCUT2D eigenvalue weighted by Gasteiger charge is -2.05. The summed E-state index contributed by atoms with van der Waals surface area (Å²) in [4.78, 5) is 23.4. The maximum atomic E-state index is 12.9. The van der Waals surface area contributed by atoms with Gasteiger partial charge in [-0.05, 0) is 24.3 Å². The molecule has 1 heterocycles. The molecular weight excluding hydrogens is 261 g/mol. The molecule has 0 aliphatic rings. The number of benzene rings is 1. The third-order valence-electron chi connectivity index (χ3n) is 2.53. The third-order valence-corrected chi connectivity index (χ3v) is 2.53. The van der Waals surface area contributed by atoms with Crippen molar-refractivity contribution in [3.63, 3.8) is 0 Å². The first-order valence-corrected chi connectivity index (χ1v) is 5.86. The topological polar surface area (TPSA) is 64.0 Å². The minimum Gasteiger partial charge on any atom is -0.394 e. The molecule has 1 aromatic heterocycles. The first-order chi connectivity index (χ1) is 9.61. The zero-order valence-corrected chi connectivity index (χ0v) is 10.7. The van der Waals surface area contributed by atoms with Gasteiger partial charge >= 0.3 is 0 Å². The van der Waals surface area contributed by atoms with Crippen LogP contribution >= 0.6 is 0 Å². The molecule has 102 valence electrons. The zero-order chi connectivity index (χ0) is 14.5. The molecule has 0 fully saturated rings. The standard InChI is InChI=1S/C14H12FN3O2/c1-16-8-6-12(19)14-13(20)7-9-18(17-14)11-4-2-10(15)3-5-11/h2-9,16H,1H3. The van der Waals surface area contributed by atoms with E-state index in [0.29, 0.717) is 5.69 Å². The number of allylic oxidation sites excluding steroid dienone is 1. The van der Waals surface area contributed by atoms with Gasteiger partial charge < -0.3 is 5.32 Å². The second kappa shape index (κ2) is 5.92. The van der Waals surface area contributed by atoms with Crippen molar-refractivity contribution in [3.05, 3.63) is 70.5 Å². The summed E-state index contributed by atoms with van der Waals surface area (Å²) in [5.74, 6) is -0.871. The highest BCUT2D eigenvalue weighted by molar-refractivity contribution is 6.02. The highest BCUT2D eigenvalue weighted by atomic mass is 19.1. The monoisotopic (exact) mass is 273 g/mol. The van der Waals surface area contributed by atoms with E-state index in [1.54, 1.807) is 7.05 Å². The molecule has 0 aliphatic carbocycles. The Kier molecular flexibility index (Phi) is 4.05. The summed E-state index contributed by atoms with van der Waals surface area (Å²) in [6.45, 7) is 0. The van der Waals surface area contributed by atoms with E-state index in [4.69, 9.17) is 0 Å². The Hall–Kier alpha value is -2.76. The van der Waals surface area contributed by atoms with Gasteiger partial charge in [-0.25, -0.2) is 9.07 Å². The summed E-state index contributed by atoms with van der Waals surface area (Å²) in [6, 6.07) is 6.81. The highest BCUT2D eigenvalue weighted by Gasteiger charge is 2.10. The minimum atomic E-state index is -0.499. The smallest absolute Gasteiger partial charge is 0.211 e. The number of aromatic nitrogens is 2. The van der Waals surface area contributed by atoms with E-state index in [0.717, 1.165) is 0 Å². The van der Waals surface area contributed by atoms with Crippen molar-refractivity contribution in [2.24, 2.45) is 0 Å². The molecule has 1 N–H and O–H groups in total. The number of hydrogen-bond donors (Lipinski definition) is 1. The van der Waals surface area contributed by atoms with Crippen LogP contribution in [0, 0.1) is 5.82 Å². The van der Waals surface area contributed by atoms with Gasteiger partial charge in [0, 0.05) is 31.6 Å². The fourth-order valence-corrected chi connectivity index (χ4v) is 1.55. The van der Waals surface area contributed by atoms with Crippen LogP contribution in [-0.4, -0.2) is 22.6 Å². The van der Waals surface area contributed by atoms with Crippen LogP contribution in [0.1, 0.15) is 10.5 Å². The molecule has 6 heteroatoms. The van der Waals surface area contributed by atoms with E-state index in [2.05, 4.69) is 10.4 Å². The van der Waals surface area contributed by atoms with Crippen molar-refractivity contribution in [1.29, 1.82) is 0 Å². The van der Waals surface area contributed by atoms with Gasteiger partial charge in [0.2, 0.25) is 11.2 Å². The second-order valence-electron chi connectivity index (χ2n) is 3.94. The van der Waals surface area contributed by atoms with Crippen LogP contribution < -0.4 is 10.7 Å². The summed E-state index contributed by atoms with van der Waals surface area (Å²) in [7, 11) is 1.64. The molecule has 0 atom stereocenters. The molecule has 0 saturated carbocycles. The molecular formula is C14H12FN3O2. The van der Waals surface area contributed by atoms with Crippen LogP contribution in [0.3, 0.4) is 0 Å². The van der Waals surface area contributed by atoms with E-state index in [1.165, 1.54) is 53.5 Å². The molecule has 2 aromatic rings. The van der Waals surface area contributed by atoms with Gasteiger partial charge in [0.05, 0.1) is 5.69 Å². The van der Waals surface area contributed by atoms with E-state index >= 15 is 0 Å². The number of hydrogen-bond acceptors (Lipinski definition) is 4. The highest BCUT2D eigenvalue weighted by Crippen LogP contribution is 2.07. The Balaban J connectivity index is 2.43. The summed E-state index contributed by atoms with van der Waals surface area (Å²) in [6.07, 6.45) is 4.06. The first kappa shape index (κ1) is 13.7. The van der Waals surface area contributed by atoms with Crippen LogP contribution in [0.5, 0.6) is 0 Å². The number of nitrogens with zero attached hydrogens (tertiary/aromatic N) is 2. The molecule has 0 amide bonds. The zero-order valence-electron chi connectivity index (χ0n) is 10.7. The van der Waals surface area contributed by atoms with Gasteiger partial charge in [-0.3, -0.25) is 9.59 Å². The van der Waals surface area contributed by atoms with Crippen molar-refractivity contribution in [2.75, 3.05) is 7.05 Å². The van der Waals surface area contributed by atoms with Crippen LogP contribution in [-0.2, 0) is 0 Å².